The molecule has 2 aliphatic heterocycles. The Hall–Kier alpha value is -0.220. The van der Waals surface area contributed by atoms with Crippen molar-refractivity contribution in [1.29, 1.82) is 0 Å². The zero-order chi connectivity index (χ0) is 11.8. The first-order valence-electron chi connectivity index (χ1n) is 6.11. The molecular formula is C12H22N2OS. The molecule has 16 heavy (non-hydrogen) atoms. The van der Waals surface area contributed by atoms with Crippen molar-refractivity contribution in [1.82, 2.24) is 10.2 Å². The zero-order valence-electron chi connectivity index (χ0n) is 10.5. The van der Waals surface area contributed by atoms with E-state index in [1.807, 2.05) is 11.8 Å². The Morgan fingerprint density at radius 2 is 1.94 bits per heavy atom. The van der Waals surface area contributed by atoms with E-state index >= 15 is 0 Å². The number of likely N-dealkylation sites (tertiary alicyclic amines) is 1. The van der Waals surface area contributed by atoms with Gasteiger partial charge in [0.2, 0.25) is 5.91 Å². The lowest BCUT2D eigenvalue weighted by Gasteiger charge is -2.47. The molecule has 0 unspecified atom stereocenters. The van der Waals surface area contributed by atoms with Crippen LogP contribution < -0.4 is 5.32 Å². The fraction of sp³-hybridized carbons (Fsp3) is 0.917. The maximum Gasteiger partial charge on any atom is 0.221 e. The van der Waals surface area contributed by atoms with Gasteiger partial charge >= 0.3 is 0 Å². The van der Waals surface area contributed by atoms with Crippen LogP contribution in [0.5, 0.6) is 0 Å². The quantitative estimate of drug-likeness (QED) is 0.703. The number of piperidine rings is 1. The molecule has 92 valence electrons. The van der Waals surface area contributed by atoms with Gasteiger partial charge in [-0.3, -0.25) is 9.69 Å². The molecule has 0 atom stereocenters. The second-order valence-corrected chi connectivity index (χ2v) is 7.28. The zero-order valence-corrected chi connectivity index (χ0v) is 11.3. The monoisotopic (exact) mass is 242 g/mol. The summed E-state index contributed by atoms with van der Waals surface area (Å²) in [6, 6.07) is 0. The van der Waals surface area contributed by atoms with E-state index in [4.69, 9.17) is 0 Å². The minimum atomic E-state index is 0.0527. The molecule has 0 aromatic carbocycles. The van der Waals surface area contributed by atoms with Crippen molar-refractivity contribution >= 4 is 17.7 Å². The van der Waals surface area contributed by atoms with E-state index < -0.39 is 0 Å². The number of rotatable bonds is 0. The van der Waals surface area contributed by atoms with E-state index in [-0.39, 0.29) is 16.3 Å². The Morgan fingerprint density at radius 1 is 1.31 bits per heavy atom. The topological polar surface area (TPSA) is 32.3 Å². The Morgan fingerprint density at radius 3 is 2.44 bits per heavy atom. The fourth-order valence-electron chi connectivity index (χ4n) is 2.50. The van der Waals surface area contributed by atoms with Crippen LogP contribution in [-0.4, -0.2) is 40.1 Å². The lowest BCUT2D eigenvalue weighted by molar-refractivity contribution is -0.122. The second kappa shape index (κ2) is 4.22. The maximum absolute atomic E-state index is 11.5. The van der Waals surface area contributed by atoms with Gasteiger partial charge in [-0.05, 0) is 33.6 Å². The Kier molecular flexibility index (Phi) is 3.23. The van der Waals surface area contributed by atoms with E-state index in [0.29, 0.717) is 6.42 Å². The van der Waals surface area contributed by atoms with Crippen molar-refractivity contribution in [2.45, 2.75) is 50.4 Å². The summed E-state index contributed by atoms with van der Waals surface area (Å²) in [6.45, 7) is 8.97. The van der Waals surface area contributed by atoms with E-state index in [9.17, 15) is 4.79 Å². The molecule has 2 fully saturated rings. The predicted molar refractivity (Wildman–Crippen MR) is 68.5 cm³/mol. The molecule has 0 aromatic heterocycles. The first-order valence-corrected chi connectivity index (χ1v) is 7.10. The maximum atomic E-state index is 11.5. The van der Waals surface area contributed by atoms with Gasteiger partial charge in [0.15, 0.2) is 0 Å². The number of thioether (sulfide) groups is 1. The molecule has 1 spiro atoms. The molecule has 4 heteroatoms. The van der Waals surface area contributed by atoms with E-state index in [2.05, 4.69) is 31.0 Å². The standard InChI is InChI=1S/C12H22N2OS/c1-11(2,3)14-7-5-12(6-8-14)13-10(15)4-9-16-12/h4-9H2,1-3H3,(H,13,15). The third kappa shape index (κ3) is 2.54. The molecular weight excluding hydrogens is 220 g/mol. The molecule has 2 rings (SSSR count). The van der Waals surface area contributed by atoms with Gasteiger partial charge in [-0.15, -0.1) is 11.8 Å². The average molecular weight is 242 g/mol. The van der Waals surface area contributed by atoms with Crippen LogP contribution >= 0.6 is 11.8 Å². The summed E-state index contributed by atoms with van der Waals surface area (Å²) in [6.07, 6.45) is 2.86. The van der Waals surface area contributed by atoms with Gasteiger partial charge in [-0.25, -0.2) is 0 Å². The van der Waals surface area contributed by atoms with Crippen molar-refractivity contribution in [3.05, 3.63) is 0 Å². The molecule has 2 saturated heterocycles. The van der Waals surface area contributed by atoms with Crippen LogP contribution in [0, 0.1) is 0 Å². The van der Waals surface area contributed by atoms with E-state index in [1.54, 1.807) is 0 Å². The van der Waals surface area contributed by atoms with Gasteiger partial charge in [-0.1, -0.05) is 0 Å². The van der Waals surface area contributed by atoms with Gasteiger partial charge in [0.1, 0.15) is 0 Å². The Labute approximate surface area is 102 Å². The molecule has 0 saturated carbocycles. The van der Waals surface area contributed by atoms with Gasteiger partial charge in [0.25, 0.3) is 0 Å². The minimum absolute atomic E-state index is 0.0527. The van der Waals surface area contributed by atoms with Crippen LogP contribution in [0.4, 0.5) is 0 Å². The minimum Gasteiger partial charge on any atom is -0.342 e. The summed E-state index contributed by atoms with van der Waals surface area (Å²) >= 11 is 1.94. The molecule has 1 amide bonds. The van der Waals surface area contributed by atoms with Crippen LogP contribution in [0.1, 0.15) is 40.0 Å². The fourth-order valence-corrected chi connectivity index (χ4v) is 3.84. The Bertz CT molecular complexity index is 277. The van der Waals surface area contributed by atoms with Crippen molar-refractivity contribution in [2.75, 3.05) is 18.8 Å². The van der Waals surface area contributed by atoms with Crippen molar-refractivity contribution in [3.8, 4) is 0 Å². The highest BCUT2D eigenvalue weighted by Crippen LogP contribution is 2.38. The molecule has 0 bridgehead atoms. The Balaban J connectivity index is 1.96. The smallest absolute Gasteiger partial charge is 0.221 e. The molecule has 2 heterocycles. The first kappa shape index (κ1) is 12.2. The highest BCUT2D eigenvalue weighted by Gasteiger charge is 2.40. The normalized spacial score (nSPS) is 26.8. The number of amides is 1. The van der Waals surface area contributed by atoms with Crippen LogP contribution in [0.15, 0.2) is 0 Å². The molecule has 3 nitrogen and oxygen atoms in total. The summed E-state index contributed by atoms with van der Waals surface area (Å²) in [5.41, 5.74) is 0.255. The third-order valence-corrected chi connectivity index (χ3v) is 5.07. The first-order chi connectivity index (χ1) is 7.41. The molecule has 0 aliphatic carbocycles. The number of carbonyl (C=O) groups excluding carboxylic acids is 1. The highest BCUT2D eigenvalue weighted by atomic mass is 32.2. The van der Waals surface area contributed by atoms with Crippen molar-refractivity contribution < 1.29 is 4.79 Å². The SMILES string of the molecule is CC(C)(C)N1CCC2(CC1)NC(=O)CCS2. The highest BCUT2D eigenvalue weighted by molar-refractivity contribution is 8.00. The van der Waals surface area contributed by atoms with Crippen molar-refractivity contribution in [2.24, 2.45) is 0 Å². The largest absolute Gasteiger partial charge is 0.342 e. The third-order valence-electron chi connectivity index (χ3n) is 3.59. The lowest BCUT2D eigenvalue weighted by atomic mass is 9.97. The lowest BCUT2D eigenvalue weighted by Crippen LogP contribution is -2.58. The van der Waals surface area contributed by atoms with Crippen molar-refractivity contribution in [3.63, 3.8) is 0 Å². The second-order valence-electron chi connectivity index (χ2n) is 5.80. The number of carbonyl (C=O) groups is 1. The van der Waals surface area contributed by atoms with Gasteiger partial charge < -0.3 is 5.32 Å². The van der Waals surface area contributed by atoms with Crippen LogP contribution in [-0.2, 0) is 4.79 Å². The van der Waals surface area contributed by atoms with Gasteiger partial charge in [0, 0.05) is 30.8 Å². The summed E-state index contributed by atoms with van der Waals surface area (Å²) in [5.74, 6) is 1.23. The summed E-state index contributed by atoms with van der Waals surface area (Å²) < 4.78 is 0. The van der Waals surface area contributed by atoms with E-state index in [0.717, 1.165) is 31.7 Å². The number of hydrogen-bond donors (Lipinski definition) is 1. The molecule has 0 radical (unpaired) electrons. The van der Waals surface area contributed by atoms with Gasteiger partial charge in [-0.2, -0.15) is 0 Å². The summed E-state index contributed by atoms with van der Waals surface area (Å²) in [5, 5.41) is 3.20. The summed E-state index contributed by atoms with van der Waals surface area (Å²) in [4.78, 5) is 14.0. The number of nitrogens with zero attached hydrogens (tertiary/aromatic N) is 1. The van der Waals surface area contributed by atoms with Gasteiger partial charge in [0.05, 0.1) is 4.87 Å². The van der Waals surface area contributed by atoms with Crippen LogP contribution in [0.25, 0.3) is 0 Å². The average Bonchev–Trinajstić information content (AvgIpc) is 2.16. The molecule has 2 aliphatic rings. The van der Waals surface area contributed by atoms with E-state index in [1.165, 1.54) is 0 Å². The van der Waals surface area contributed by atoms with Crippen LogP contribution in [0.2, 0.25) is 0 Å². The summed E-state index contributed by atoms with van der Waals surface area (Å²) in [7, 11) is 0. The number of hydrogen-bond acceptors (Lipinski definition) is 3. The van der Waals surface area contributed by atoms with Crippen LogP contribution in [0.3, 0.4) is 0 Å². The molecule has 0 aromatic rings. The molecule has 1 N–H and O–H groups in total. The number of nitrogens with one attached hydrogen (secondary N) is 1. The predicted octanol–water partition coefficient (Wildman–Crippen LogP) is 1.83.